The average Bonchev–Trinajstić information content (AvgIpc) is 3.36. The number of benzene rings is 3. The molecule has 3 aromatic carbocycles. The zero-order valence-electron chi connectivity index (χ0n) is 21.9. The molecule has 1 fully saturated rings. The van der Waals surface area contributed by atoms with Crippen molar-refractivity contribution in [2.24, 2.45) is 11.8 Å². The third-order valence-electron chi connectivity index (χ3n) is 6.78. The molecule has 0 spiro atoms. The summed E-state index contributed by atoms with van der Waals surface area (Å²) in [6.07, 6.45) is 1.72. The quantitative estimate of drug-likeness (QED) is 0.280. The molecule has 0 bridgehead atoms. The van der Waals surface area contributed by atoms with E-state index >= 15 is 0 Å². The third-order valence-corrected chi connectivity index (χ3v) is 7.03. The molecule has 1 N–H and O–H groups in total. The number of hydrogen-bond acceptors (Lipinski definition) is 5. The molecular formula is C30H36Cl2N2O4. The van der Waals surface area contributed by atoms with Gasteiger partial charge >= 0.3 is 0 Å². The Bertz CT molecular complexity index is 1140. The number of carbonyl (C=O) groups excluding carboxylic acids is 1. The van der Waals surface area contributed by atoms with E-state index in [0.717, 1.165) is 31.6 Å². The molecule has 38 heavy (non-hydrogen) atoms. The van der Waals surface area contributed by atoms with Gasteiger partial charge in [-0.05, 0) is 79.4 Å². The zero-order valence-corrected chi connectivity index (χ0v) is 23.5. The molecule has 1 amide bonds. The van der Waals surface area contributed by atoms with Crippen molar-refractivity contribution >= 4 is 35.6 Å². The van der Waals surface area contributed by atoms with Crippen molar-refractivity contribution in [3.8, 4) is 11.5 Å². The first-order chi connectivity index (χ1) is 18.1. The van der Waals surface area contributed by atoms with Gasteiger partial charge in [0, 0.05) is 43.0 Å². The second kappa shape index (κ2) is 15.0. The molecule has 1 aliphatic heterocycles. The zero-order chi connectivity index (χ0) is 26.0. The predicted molar refractivity (Wildman–Crippen MR) is 155 cm³/mol. The average molecular weight is 560 g/mol. The molecule has 204 valence electrons. The highest BCUT2D eigenvalue weighted by atomic mass is 35.5. The van der Waals surface area contributed by atoms with Gasteiger partial charge in [0.15, 0.2) is 11.5 Å². The highest BCUT2D eigenvalue weighted by Gasteiger charge is 2.31. The van der Waals surface area contributed by atoms with E-state index in [4.69, 9.17) is 25.8 Å². The molecule has 4 rings (SSSR count). The number of nitrogens with one attached hydrogen (secondary N) is 1. The Balaban J connectivity index is 0.00000400. The Kier molecular flexibility index (Phi) is 11.7. The van der Waals surface area contributed by atoms with E-state index < -0.39 is 0 Å². The largest absolute Gasteiger partial charge is 0.493 e. The number of halogens is 2. The van der Waals surface area contributed by atoms with E-state index in [-0.39, 0.29) is 18.3 Å². The lowest BCUT2D eigenvalue weighted by Crippen LogP contribution is -2.38. The maximum absolute atomic E-state index is 14.0. The van der Waals surface area contributed by atoms with Gasteiger partial charge in [-0.2, -0.15) is 0 Å². The van der Waals surface area contributed by atoms with Crippen LogP contribution in [0, 0.1) is 11.8 Å². The van der Waals surface area contributed by atoms with Crippen LogP contribution in [-0.2, 0) is 11.2 Å². The number of ether oxygens (including phenoxy) is 3. The minimum atomic E-state index is -0.0860. The van der Waals surface area contributed by atoms with Crippen LogP contribution in [-0.4, -0.2) is 53.0 Å². The summed E-state index contributed by atoms with van der Waals surface area (Å²) in [6, 6.07) is 23.3. The summed E-state index contributed by atoms with van der Waals surface area (Å²) in [5.74, 6) is 1.79. The molecule has 6 nitrogen and oxygen atoms in total. The van der Waals surface area contributed by atoms with Crippen molar-refractivity contribution in [1.29, 1.82) is 0 Å². The van der Waals surface area contributed by atoms with E-state index in [9.17, 15) is 4.79 Å². The van der Waals surface area contributed by atoms with Crippen LogP contribution in [0.15, 0.2) is 72.8 Å². The van der Waals surface area contributed by atoms with Gasteiger partial charge in [0.05, 0.1) is 13.7 Å². The number of carbonyl (C=O) groups is 1. The molecular weight excluding hydrogens is 523 g/mol. The number of anilines is 1. The molecule has 3 aromatic rings. The lowest BCUT2D eigenvalue weighted by atomic mass is 9.89. The van der Waals surface area contributed by atoms with Crippen molar-refractivity contribution < 1.29 is 19.0 Å². The van der Waals surface area contributed by atoms with E-state index in [2.05, 4.69) is 29.6 Å². The standard InChI is InChI=1S/C30H35ClN2O4.ClH/c1-35-15-6-16-37-29-18-23(9-14-28(29)36-2)30(34)33(27-12-10-26(31)11-13-27)21-25-20-32-19-24(25)17-22-7-4-3-5-8-22;/h3-5,7-14,18,24-25,32H,6,15-17,19-21H2,1-2H3;1H. The Morgan fingerprint density at radius 3 is 2.39 bits per heavy atom. The summed E-state index contributed by atoms with van der Waals surface area (Å²) in [5.41, 5.74) is 2.68. The smallest absolute Gasteiger partial charge is 0.258 e. The highest BCUT2D eigenvalue weighted by molar-refractivity contribution is 6.30. The fraction of sp³-hybridized carbons (Fsp3) is 0.367. The van der Waals surface area contributed by atoms with E-state index in [1.807, 2.05) is 35.2 Å². The van der Waals surface area contributed by atoms with E-state index in [1.54, 1.807) is 32.4 Å². The molecule has 8 heteroatoms. The van der Waals surface area contributed by atoms with Gasteiger partial charge < -0.3 is 24.4 Å². The van der Waals surface area contributed by atoms with Gasteiger partial charge in [0.25, 0.3) is 5.91 Å². The lowest BCUT2D eigenvalue weighted by molar-refractivity contribution is 0.0980. The summed E-state index contributed by atoms with van der Waals surface area (Å²) in [4.78, 5) is 15.8. The van der Waals surface area contributed by atoms with Gasteiger partial charge in [0.2, 0.25) is 0 Å². The molecule has 0 saturated carbocycles. The van der Waals surface area contributed by atoms with Crippen LogP contribution < -0.4 is 19.7 Å². The van der Waals surface area contributed by atoms with Crippen LogP contribution >= 0.6 is 24.0 Å². The first kappa shape index (κ1) is 29.8. The first-order valence-electron chi connectivity index (χ1n) is 12.7. The normalized spacial score (nSPS) is 16.5. The SMILES string of the molecule is COCCCOc1cc(C(=O)N(CC2CNCC2Cc2ccccc2)c2ccc(Cl)cc2)ccc1OC.Cl. The molecule has 2 unspecified atom stereocenters. The second-order valence-electron chi connectivity index (χ2n) is 9.32. The van der Waals surface area contributed by atoms with Gasteiger partial charge in [-0.1, -0.05) is 41.9 Å². The summed E-state index contributed by atoms with van der Waals surface area (Å²) < 4.78 is 16.5. The number of amides is 1. The van der Waals surface area contributed by atoms with E-state index in [0.29, 0.717) is 53.7 Å². The van der Waals surface area contributed by atoms with Crippen molar-refractivity contribution in [1.82, 2.24) is 5.32 Å². The first-order valence-corrected chi connectivity index (χ1v) is 13.1. The summed E-state index contributed by atoms with van der Waals surface area (Å²) in [5, 5.41) is 4.18. The van der Waals surface area contributed by atoms with Crippen LogP contribution in [0.25, 0.3) is 0 Å². The monoisotopic (exact) mass is 558 g/mol. The van der Waals surface area contributed by atoms with Gasteiger partial charge in [-0.25, -0.2) is 0 Å². The number of hydrogen-bond donors (Lipinski definition) is 1. The van der Waals surface area contributed by atoms with Gasteiger partial charge in [-0.3, -0.25) is 4.79 Å². The molecule has 2 atom stereocenters. The summed E-state index contributed by atoms with van der Waals surface area (Å²) in [6.45, 7) is 3.47. The van der Waals surface area contributed by atoms with Crippen molar-refractivity contribution in [2.75, 3.05) is 52.0 Å². The summed E-state index contributed by atoms with van der Waals surface area (Å²) in [7, 11) is 3.26. The maximum atomic E-state index is 14.0. The molecule has 0 aliphatic carbocycles. The van der Waals surface area contributed by atoms with Crippen LogP contribution in [0.4, 0.5) is 5.69 Å². The minimum absolute atomic E-state index is 0. The third kappa shape index (κ3) is 7.87. The Morgan fingerprint density at radius 1 is 0.947 bits per heavy atom. The fourth-order valence-electron chi connectivity index (χ4n) is 4.78. The van der Waals surface area contributed by atoms with Crippen LogP contribution in [0.1, 0.15) is 22.3 Å². The van der Waals surface area contributed by atoms with Crippen LogP contribution in [0.5, 0.6) is 11.5 Å². The lowest BCUT2D eigenvalue weighted by Gasteiger charge is -2.29. The molecule has 0 radical (unpaired) electrons. The highest BCUT2D eigenvalue weighted by Crippen LogP contribution is 2.31. The fourth-order valence-corrected chi connectivity index (χ4v) is 4.91. The van der Waals surface area contributed by atoms with Gasteiger partial charge in [0.1, 0.15) is 0 Å². The molecule has 1 saturated heterocycles. The van der Waals surface area contributed by atoms with Gasteiger partial charge in [-0.15, -0.1) is 12.4 Å². The maximum Gasteiger partial charge on any atom is 0.258 e. The van der Waals surface area contributed by atoms with Crippen LogP contribution in [0.3, 0.4) is 0 Å². The van der Waals surface area contributed by atoms with Crippen molar-refractivity contribution in [3.05, 3.63) is 88.9 Å². The molecule has 0 aromatic heterocycles. The second-order valence-corrected chi connectivity index (χ2v) is 9.76. The molecule has 1 aliphatic rings. The Morgan fingerprint density at radius 2 is 1.68 bits per heavy atom. The molecule has 1 heterocycles. The Labute approximate surface area is 236 Å². The predicted octanol–water partition coefficient (Wildman–Crippen LogP) is 5.91. The topological polar surface area (TPSA) is 60.0 Å². The van der Waals surface area contributed by atoms with Crippen molar-refractivity contribution in [3.63, 3.8) is 0 Å². The number of rotatable bonds is 12. The number of methoxy groups -OCH3 is 2. The minimum Gasteiger partial charge on any atom is -0.493 e. The summed E-state index contributed by atoms with van der Waals surface area (Å²) >= 11 is 6.17. The van der Waals surface area contributed by atoms with E-state index in [1.165, 1.54) is 5.56 Å². The van der Waals surface area contributed by atoms with Crippen molar-refractivity contribution in [2.45, 2.75) is 12.8 Å². The van der Waals surface area contributed by atoms with Crippen LogP contribution in [0.2, 0.25) is 5.02 Å². The Hall–Kier alpha value is -2.77. The number of nitrogens with zero attached hydrogens (tertiary/aromatic N) is 1.